The second-order valence-corrected chi connectivity index (χ2v) is 6.40. The summed E-state index contributed by atoms with van der Waals surface area (Å²) in [7, 11) is 0. The van der Waals surface area contributed by atoms with Gasteiger partial charge in [-0.15, -0.1) is 0 Å². The molecule has 0 saturated carbocycles. The Hall–Kier alpha value is -2.03. The molecule has 3 heterocycles. The molecule has 1 aliphatic rings. The third-order valence-corrected chi connectivity index (χ3v) is 4.92. The molecule has 0 spiro atoms. The van der Waals surface area contributed by atoms with Gasteiger partial charge in [-0.05, 0) is 19.1 Å². The van der Waals surface area contributed by atoms with Crippen molar-refractivity contribution < 1.29 is 25.2 Å². The fraction of sp³-hybridized carbons (Fsp3) is 0.389. The van der Waals surface area contributed by atoms with E-state index < -0.39 is 37.3 Å². The van der Waals surface area contributed by atoms with E-state index in [1.165, 1.54) is 0 Å². The lowest BCUT2D eigenvalue weighted by Crippen LogP contribution is -2.56. The Morgan fingerprint density at radius 2 is 1.80 bits per heavy atom. The summed E-state index contributed by atoms with van der Waals surface area (Å²) in [5.74, 6) is 0. The topological polar surface area (TPSA) is 108 Å². The molecule has 1 saturated heterocycles. The number of para-hydroxylation sites is 1. The molecular formula is C18H20N2O5. The van der Waals surface area contributed by atoms with Crippen molar-refractivity contribution in [1.29, 1.82) is 0 Å². The van der Waals surface area contributed by atoms with Crippen LogP contribution in [0.1, 0.15) is 11.9 Å². The highest BCUT2D eigenvalue weighted by Gasteiger charge is 2.45. The molecule has 0 radical (unpaired) electrons. The van der Waals surface area contributed by atoms with E-state index in [0.29, 0.717) is 0 Å². The van der Waals surface area contributed by atoms with Gasteiger partial charge >= 0.3 is 0 Å². The van der Waals surface area contributed by atoms with Crippen LogP contribution in [0.3, 0.4) is 0 Å². The average Bonchev–Trinajstić information content (AvgIpc) is 2.96. The molecule has 7 nitrogen and oxygen atoms in total. The van der Waals surface area contributed by atoms with Crippen molar-refractivity contribution in [3.8, 4) is 0 Å². The fourth-order valence-electron chi connectivity index (χ4n) is 3.67. The largest absolute Gasteiger partial charge is 0.394 e. The van der Waals surface area contributed by atoms with E-state index in [1.54, 1.807) is 10.8 Å². The SMILES string of the molecule is Cc1nccc2c3ccccc3n([C@@H]3O[C@H](CO)[C@@H](O)[C@H](O)[C@H]3O)c12. The van der Waals surface area contributed by atoms with Crippen LogP contribution < -0.4 is 0 Å². The van der Waals surface area contributed by atoms with Gasteiger partial charge in [0.1, 0.15) is 24.4 Å². The van der Waals surface area contributed by atoms with Gasteiger partial charge in [-0.25, -0.2) is 0 Å². The summed E-state index contributed by atoms with van der Waals surface area (Å²) in [6.07, 6.45) is -4.36. The molecule has 25 heavy (non-hydrogen) atoms. The average molecular weight is 344 g/mol. The number of hydrogen-bond acceptors (Lipinski definition) is 6. The number of aliphatic hydroxyl groups excluding tert-OH is 4. The molecular weight excluding hydrogens is 324 g/mol. The first-order chi connectivity index (χ1) is 12.0. The number of ether oxygens (including phenoxy) is 1. The zero-order valence-corrected chi connectivity index (χ0v) is 13.6. The molecule has 1 aliphatic heterocycles. The summed E-state index contributed by atoms with van der Waals surface area (Å²) in [4.78, 5) is 4.34. The van der Waals surface area contributed by atoms with Crippen LogP contribution in [0.5, 0.6) is 0 Å². The van der Waals surface area contributed by atoms with E-state index in [-0.39, 0.29) is 0 Å². The van der Waals surface area contributed by atoms with Gasteiger partial charge in [-0.3, -0.25) is 4.98 Å². The summed E-state index contributed by atoms with van der Waals surface area (Å²) in [5.41, 5.74) is 2.36. The number of rotatable bonds is 2. The van der Waals surface area contributed by atoms with Crippen molar-refractivity contribution in [3.05, 3.63) is 42.2 Å². The smallest absolute Gasteiger partial charge is 0.163 e. The summed E-state index contributed by atoms with van der Waals surface area (Å²) in [6, 6.07) is 9.57. The molecule has 7 heteroatoms. The van der Waals surface area contributed by atoms with Crippen molar-refractivity contribution in [2.75, 3.05) is 6.61 Å². The Morgan fingerprint density at radius 1 is 1.04 bits per heavy atom. The Kier molecular flexibility index (Phi) is 3.98. The van der Waals surface area contributed by atoms with Gasteiger partial charge in [0.15, 0.2) is 6.23 Å². The number of nitrogens with zero attached hydrogens (tertiary/aromatic N) is 2. The van der Waals surface area contributed by atoms with Crippen LogP contribution in [-0.2, 0) is 4.74 Å². The normalized spacial score (nSPS) is 30.2. The molecule has 1 fully saturated rings. The lowest BCUT2D eigenvalue weighted by atomic mass is 9.98. The van der Waals surface area contributed by atoms with Gasteiger partial charge in [0.25, 0.3) is 0 Å². The van der Waals surface area contributed by atoms with Crippen molar-refractivity contribution in [2.45, 2.75) is 37.6 Å². The van der Waals surface area contributed by atoms with Gasteiger partial charge in [0.2, 0.25) is 0 Å². The molecule has 0 amide bonds. The van der Waals surface area contributed by atoms with Gasteiger partial charge in [-0.1, -0.05) is 18.2 Å². The van der Waals surface area contributed by atoms with Crippen molar-refractivity contribution in [1.82, 2.24) is 9.55 Å². The van der Waals surface area contributed by atoms with E-state index >= 15 is 0 Å². The van der Waals surface area contributed by atoms with E-state index in [4.69, 9.17) is 4.74 Å². The van der Waals surface area contributed by atoms with Crippen LogP contribution in [0.15, 0.2) is 36.5 Å². The first-order valence-corrected chi connectivity index (χ1v) is 8.19. The van der Waals surface area contributed by atoms with Gasteiger partial charge < -0.3 is 29.7 Å². The molecule has 5 atom stereocenters. The number of aryl methyl sites for hydroxylation is 1. The van der Waals surface area contributed by atoms with E-state index in [2.05, 4.69) is 4.98 Å². The molecule has 2 aromatic heterocycles. The van der Waals surface area contributed by atoms with Crippen LogP contribution in [0.25, 0.3) is 21.8 Å². The summed E-state index contributed by atoms with van der Waals surface area (Å²) in [5, 5.41) is 42.1. The number of aliphatic hydroxyl groups is 4. The van der Waals surface area contributed by atoms with Crippen LogP contribution in [0.2, 0.25) is 0 Å². The first kappa shape index (κ1) is 16.4. The fourth-order valence-corrected chi connectivity index (χ4v) is 3.67. The van der Waals surface area contributed by atoms with Crippen molar-refractivity contribution >= 4 is 21.8 Å². The molecule has 0 unspecified atom stereocenters. The highest BCUT2D eigenvalue weighted by atomic mass is 16.6. The quantitative estimate of drug-likeness (QED) is 0.538. The van der Waals surface area contributed by atoms with E-state index in [0.717, 1.165) is 27.5 Å². The number of pyridine rings is 1. The Bertz CT molecular complexity index is 922. The Morgan fingerprint density at radius 3 is 2.56 bits per heavy atom. The maximum Gasteiger partial charge on any atom is 0.163 e. The Labute approximate surface area is 143 Å². The molecule has 3 aromatic rings. The maximum atomic E-state index is 10.5. The minimum absolute atomic E-state index is 0.462. The minimum Gasteiger partial charge on any atom is -0.394 e. The number of fused-ring (bicyclic) bond motifs is 3. The lowest BCUT2D eigenvalue weighted by molar-refractivity contribution is -0.249. The minimum atomic E-state index is -1.43. The molecule has 4 rings (SSSR count). The molecule has 0 bridgehead atoms. The third kappa shape index (κ3) is 2.36. The third-order valence-electron chi connectivity index (χ3n) is 4.92. The monoisotopic (exact) mass is 344 g/mol. The van der Waals surface area contributed by atoms with E-state index in [9.17, 15) is 20.4 Å². The van der Waals surface area contributed by atoms with Gasteiger partial charge in [-0.2, -0.15) is 0 Å². The zero-order valence-electron chi connectivity index (χ0n) is 13.6. The number of benzene rings is 1. The summed E-state index contributed by atoms with van der Waals surface area (Å²) in [6.45, 7) is 1.40. The molecule has 1 aromatic carbocycles. The second kappa shape index (κ2) is 6.05. The van der Waals surface area contributed by atoms with Crippen molar-refractivity contribution in [3.63, 3.8) is 0 Å². The maximum absolute atomic E-state index is 10.5. The standard InChI is InChI=1S/C18H20N2O5/c1-9-14-11(6-7-19-9)10-4-2-3-5-12(10)20(14)18-17(24)16(23)15(22)13(8-21)25-18/h2-7,13,15-18,21-24H,8H2,1H3/t13-,15-,16+,17-,18-/m1/s1. The van der Waals surface area contributed by atoms with Crippen LogP contribution in [0, 0.1) is 6.92 Å². The van der Waals surface area contributed by atoms with Crippen LogP contribution in [0.4, 0.5) is 0 Å². The number of hydrogen-bond donors (Lipinski definition) is 4. The second-order valence-electron chi connectivity index (χ2n) is 6.40. The highest BCUT2D eigenvalue weighted by Crippen LogP contribution is 2.37. The Balaban J connectivity index is 1.99. The van der Waals surface area contributed by atoms with Gasteiger partial charge in [0, 0.05) is 17.0 Å². The molecule has 0 aliphatic carbocycles. The van der Waals surface area contributed by atoms with Gasteiger partial charge in [0.05, 0.1) is 23.3 Å². The zero-order chi connectivity index (χ0) is 17.7. The van der Waals surface area contributed by atoms with Crippen LogP contribution in [-0.4, -0.2) is 61.0 Å². The first-order valence-electron chi connectivity index (χ1n) is 8.19. The predicted octanol–water partition coefficient (Wildman–Crippen LogP) is 0.470. The lowest BCUT2D eigenvalue weighted by Gasteiger charge is -2.41. The summed E-state index contributed by atoms with van der Waals surface area (Å²) >= 11 is 0. The van der Waals surface area contributed by atoms with E-state index in [1.807, 2.05) is 37.3 Å². The predicted molar refractivity (Wildman–Crippen MR) is 91.0 cm³/mol. The van der Waals surface area contributed by atoms with Crippen molar-refractivity contribution in [2.24, 2.45) is 0 Å². The summed E-state index contributed by atoms with van der Waals surface area (Å²) < 4.78 is 7.56. The van der Waals surface area contributed by atoms with Crippen LogP contribution >= 0.6 is 0 Å². The number of aromatic nitrogens is 2. The highest BCUT2D eigenvalue weighted by molar-refractivity contribution is 6.08. The molecule has 132 valence electrons. The molecule has 4 N–H and O–H groups in total.